The summed E-state index contributed by atoms with van der Waals surface area (Å²) < 4.78 is 13.8. The molecule has 2 heterocycles. The molecule has 1 aliphatic rings. The molecule has 4 atom stereocenters. The van der Waals surface area contributed by atoms with Gasteiger partial charge in [-0.2, -0.15) is 0 Å². The Balaban J connectivity index is 1.54. The van der Waals surface area contributed by atoms with E-state index < -0.39 is 12.3 Å². The maximum Gasteiger partial charge on any atom is 0.303 e. The van der Waals surface area contributed by atoms with Gasteiger partial charge in [-0.3, -0.25) is 9.59 Å². The topological polar surface area (TPSA) is 131 Å². The summed E-state index contributed by atoms with van der Waals surface area (Å²) in [4.78, 5) is 22.9. The zero-order chi connectivity index (χ0) is 26.4. The van der Waals surface area contributed by atoms with Crippen LogP contribution in [-0.4, -0.2) is 44.1 Å². The van der Waals surface area contributed by atoms with Gasteiger partial charge in [-0.25, -0.2) is 0 Å². The molecule has 4 rings (SSSR count). The van der Waals surface area contributed by atoms with Crippen LogP contribution in [0.1, 0.15) is 53.9 Å². The molecule has 0 spiro atoms. The Morgan fingerprint density at radius 3 is 2.54 bits per heavy atom. The molecule has 37 heavy (non-hydrogen) atoms. The van der Waals surface area contributed by atoms with Gasteiger partial charge in [0.1, 0.15) is 5.01 Å². The molecule has 0 radical (unpaired) electrons. The number of aromatic nitrogens is 2. The molecule has 3 N–H and O–H groups in total. The quantitative estimate of drug-likeness (QED) is 0.311. The van der Waals surface area contributed by atoms with Gasteiger partial charge in [-0.15, -0.1) is 10.2 Å². The molecule has 1 aromatic heterocycles. The molecule has 3 aromatic rings. The van der Waals surface area contributed by atoms with Crippen molar-refractivity contribution >= 4 is 40.7 Å². The van der Waals surface area contributed by atoms with Gasteiger partial charge in [-0.1, -0.05) is 66.4 Å². The summed E-state index contributed by atoms with van der Waals surface area (Å²) in [5.74, 6) is -0.710. The van der Waals surface area contributed by atoms with Crippen LogP contribution >= 0.6 is 23.1 Å². The van der Waals surface area contributed by atoms with Crippen LogP contribution in [0.15, 0.2) is 52.9 Å². The lowest BCUT2D eigenvalue weighted by Crippen LogP contribution is -2.38. The number of carbonyl (C=O) groups excluding carboxylic acids is 1. The van der Waals surface area contributed by atoms with E-state index >= 15 is 0 Å². The number of hydrogen-bond donors (Lipinski definition) is 3. The molecule has 0 saturated carbocycles. The number of rotatable bonds is 10. The molecule has 196 valence electrons. The Kier molecular flexibility index (Phi) is 9.28. The van der Waals surface area contributed by atoms with Crippen molar-refractivity contribution in [3.8, 4) is 0 Å². The third-order valence-electron chi connectivity index (χ3n) is 6.01. The molecule has 0 bridgehead atoms. The highest BCUT2D eigenvalue weighted by atomic mass is 32.2. The van der Waals surface area contributed by atoms with Crippen molar-refractivity contribution in [1.82, 2.24) is 10.2 Å². The number of ether oxygens (including phenoxy) is 2. The highest BCUT2D eigenvalue weighted by Crippen LogP contribution is 2.43. The fourth-order valence-corrected chi connectivity index (χ4v) is 6.01. The van der Waals surface area contributed by atoms with E-state index in [-0.39, 0.29) is 43.5 Å². The number of carboxylic acids is 1. The van der Waals surface area contributed by atoms with Crippen molar-refractivity contribution in [2.45, 2.75) is 56.1 Å². The molecule has 9 nitrogen and oxygen atoms in total. The van der Waals surface area contributed by atoms with Crippen LogP contribution in [0.5, 0.6) is 0 Å². The maximum absolute atomic E-state index is 12.1. The summed E-state index contributed by atoms with van der Waals surface area (Å²) in [5.41, 5.74) is 3.09. The van der Waals surface area contributed by atoms with E-state index in [1.807, 2.05) is 37.3 Å². The van der Waals surface area contributed by atoms with Crippen LogP contribution in [0, 0.1) is 12.8 Å². The number of aliphatic carboxylic acids is 1. The number of thioether (sulfide) groups is 1. The summed E-state index contributed by atoms with van der Waals surface area (Å²) in [7, 11) is 0. The minimum atomic E-state index is -1.02. The van der Waals surface area contributed by atoms with Gasteiger partial charge in [0.2, 0.25) is 5.91 Å². The smallest absolute Gasteiger partial charge is 0.303 e. The number of hydrogen-bond acceptors (Lipinski definition) is 9. The van der Waals surface area contributed by atoms with Gasteiger partial charge >= 0.3 is 5.97 Å². The molecule has 0 aliphatic carbocycles. The highest BCUT2D eigenvalue weighted by Gasteiger charge is 2.38. The van der Waals surface area contributed by atoms with Crippen LogP contribution < -0.4 is 5.32 Å². The standard InChI is InChI=1S/C26H29N3O6S2/c1-15-21(14-36-26-29-28-16(2)37-26)34-25(35-24(15)18-8-6-17(13-30)7-9-18)19-4-3-5-20(12-19)27-22(31)10-11-23(32)33/h3-9,12,15,21,24-25,30H,10-11,13-14H2,1-2H3,(H,27,31)(H,32,33). The summed E-state index contributed by atoms with van der Waals surface area (Å²) in [5, 5.41) is 30.2. The zero-order valence-electron chi connectivity index (χ0n) is 20.5. The number of benzene rings is 2. The van der Waals surface area contributed by atoms with Crippen LogP contribution in [-0.2, 0) is 25.7 Å². The van der Waals surface area contributed by atoms with E-state index in [9.17, 15) is 14.7 Å². The largest absolute Gasteiger partial charge is 0.481 e. The first-order valence-corrected chi connectivity index (χ1v) is 13.7. The number of anilines is 1. The Morgan fingerprint density at radius 2 is 1.86 bits per heavy atom. The van der Waals surface area contributed by atoms with Crippen LogP contribution in [0.3, 0.4) is 0 Å². The number of nitrogens with zero attached hydrogens (tertiary/aromatic N) is 2. The van der Waals surface area contributed by atoms with Gasteiger partial charge in [0.15, 0.2) is 10.6 Å². The van der Waals surface area contributed by atoms with Crippen molar-refractivity contribution in [2.75, 3.05) is 11.1 Å². The van der Waals surface area contributed by atoms with E-state index in [4.69, 9.17) is 14.6 Å². The van der Waals surface area contributed by atoms with Gasteiger partial charge < -0.3 is 25.0 Å². The van der Waals surface area contributed by atoms with Gasteiger partial charge in [0.25, 0.3) is 0 Å². The molecule has 2 aromatic carbocycles. The molecule has 1 saturated heterocycles. The average Bonchev–Trinajstić information content (AvgIpc) is 3.32. The summed E-state index contributed by atoms with van der Waals surface area (Å²) in [6.07, 6.45) is -1.45. The van der Waals surface area contributed by atoms with E-state index in [0.29, 0.717) is 11.4 Å². The molecular weight excluding hydrogens is 514 g/mol. The lowest BCUT2D eigenvalue weighted by molar-refractivity contribution is -0.268. The predicted molar refractivity (Wildman–Crippen MR) is 140 cm³/mol. The van der Waals surface area contributed by atoms with Gasteiger partial charge in [0, 0.05) is 29.3 Å². The molecule has 4 unspecified atom stereocenters. The van der Waals surface area contributed by atoms with E-state index in [0.717, 1.165) is 26.0 Å². The average molecular weight is 544 g/mol. The van der Waals surface area contributed by atoms with Gasteiger partial charge in [0.05, 0.1) is 25.2 Å². The Hall–Kier alpha value is -2.83. The monoisotopic (exact) mass is 543 g/mol. The predicted octanol–water partition coefficient (Wildman–Crippen LogP) is 4.73. The van der Waals surface area contributed by atoms with Crippen LogP contribution in [0.25, 0.3) is 0 Å². The number of carbonyl (C=O) groups is 2. The van der Waals surface area contributed by atoms with Crippen molar-refractivity contribution in [1.29, 1.82) is 0 Å². The zero-order valence-corrected chi connectivity index (χ0v) is 22.1. The van der Waals surface area contributed by atoms with E-state index in [1.165, 1.54) is 0 Å². The highest BCUT2D eigenvalue weighted by molar-refractivity contribution is 8.01. The van der Waals surface area contributed by atoms with Crippen molar-refractivity contribution in [3.05, 3.63) is 70.2 Å². The Morgan fingerprint density at radius 1 is 1.08 bits per heavy atom. The number of aryl methyl sites for hydroxylation is 1. The fourth-order valence-electron chi connectivity index (χ4n) is 4.01. The lowest BCUT2D eigenvalue weighted by atomic mass is 9.91. The first-order chi connectivity index (χ1) is 17.8. The second kappa shape index (κ2) is 12.6. The van der Waals surface area contributed by atoms with E-state index in [2.05, 4.69) is 22.4 Å². The Labute approximate surface area is 223 Å². The number of aliphatic hydroxyl groups is 1. The molecule has 1 aliphatic heterocycles. The van der Waals surface area contributed by atoms with E-state index in [1.54, 1.807) is 41.3 Å². The fraction of sp³-hybridized carbons (Fsp3) is 0.385. The SMILES string of the molecule is Cc1nnc(SCC2OC(c3cccc(NC(=O)CCC(=O)O)c3)OC(c3ccc(CO)cc3)C2C)s1. The first-order valence-electron chi connectivity index (χ1n) is 11.9. The number of aliphatic hydroxyl groups excluding tert-OH is 1. The summed E-state index contributed by atoms with van der Waals surface area (Å²) >= 11 is 3.14. The van der Waals surface area contributed by atoms with Gasteiger partial charge in [-0.05, 0) is 30.2 Å². The normalized spacial score (nSPS) is 21.5. The number of carboxylic acid groups (broad SMARTS) is 1. The molecule has 1 amide bonds. The van der Waals surface area contributed by atoms with Crippen molar-refractivity contribution in [2.24, 2.45) is 5.92 Å². The molecule has 1 fully saturated rings. The Bertz CT molecular complexity index is 1220. The molecular formula is C26H29N3O6S2. The summed E-state index contributed by atoms with van der Waals surface area (Å²) in [6.45, 7) is 3.99. The lowest BCUT2D eigenvalue weighted by Gasteiger charge is -2.41. The van der Waals surface area contributed by atoms with Crippen molar-refractivity contribution < 1.29 is 29.3 Å². The minimum absolute atomic E-state index is 0.0247. The van der Waals surface area contributed by atoms with Crippen molar-refractivity contribution in [3.63, 3.8) is 0 Å². The van der Waals surface area contributed by atoms with Crippen LogP contribution in [0.4, 0.5) is 5.69 Å². The number of amides is 1. The third-order valence-corrected chi connectivity index (χ3v) is 8.07. The summed E-state index contributed by atoms with van der Waals surface area (Å²) in [6, 6.07) is 14.9. The number of nitrogens with one attached hydrogen (secondary N) is 1. The maximum atomic E-state index is 12.1. The second-order valence-electron chi connectivity index (χ2n) is 8.79. The van der Waals surface area contributed by atoms with Crippen LogP contribution in [0.2, 0.25) is 0 Å². The second-order valence-corrected chi connectivity index (χ2v) is 11.2. The third kappa shape index (κ3) is 7.36. The molecule has 11 heteroatoms. The minimum Gasteiger partial charge on any atom is -0.481 e. The first kappa shape index (κ1) is 27.2.